The van der Waals surface area contributed by atoms with Crippen LogP contribution in [0.2, 0.25) is 0 Å². The summed E-state index contributed by atoms with van der Waals surface area (Å²) in [7, 11) is 0. The number of allylic oxidation sites excluding steroid dienone is 5. The number of hydrogen-bond acceptors (Lipinski definition) is 0. The zero-order valence-electron chi connectivity index (χ0n) is 18.0. The Labute approximate surface area is 199 Å². The van der Waals surface area contributed by atoms with Crippen molar-refractivity contribution in [2.45, 2.75) is 44.7 Å². The van der Waals surface area contributed by atoms with Gasteiger partial charge in [0, 0.05) is 0 Å². The van der Waals surface area contributed by atoms with E-state index in [0.717, 1.165) is 0 Å². The van der Waals surface area contributed by atoms with E-state index in [4.69, 9.17) is 0 Å². The maximum absolute atomic E-state index is 2.53. The fraction of sp³-hybridized carbons (Fsp3) is 0.308. The molecule has 0 bridgehead atoms. The smallest absolute Gasteiger partial charge is 1.00 e. The maximum atomic E-state index is 2.53. The molecule has 0 N–H and O–H groups in total. The van der Waals surface area contributed by atoms with Gasteiger partial charge in [-0.1, -0.05) is 0 Å². The molecule has 2 aromatic carbocycles. The molecule has 0 saturated heterocycles. The molecule has 0 aliphatic heterocycles. The summed E-state index contributed by atoms with van der Waals surface area (Å²) in [5.74, 6) is 0. The fourth-order valence-corrected chi connectivity index (χ4v) is 12.2. The number of fused-ring (bicyclic) bond motifs is 1. The maximum Gasteiger partial charge on any atom is -1.00 e. The molecule has 0 spiro atoms. The molecule has 0 radical (unpaired) electrons. The van der Waals surface area contributed by atoms with Crippen LogP contribution in [0.15, 0.2) is 74.6 Å². The third-order valence-electron chi connectivity index (χ3n) is 6.86. The predicted molar refractivity (Wildman–Crippen MR) is 113 cm³/mol. The molecule has 2 aliphatic carbocycles. The van der Waals surface area contributed by atoms with E-state index < -0.39 is 22.9 Å². The van der Waals surface area contributed by atoms with Crippen LogP contribution in [0.4, 0.5) is 0 Å². The monoisotopic (exact) mass is 590 g/mol. The van der Waals surface area contributed by atoms with E-state index >= 15 is 0 Å². The summed E-state index contributed by atoms with van der Waals surface area (Å²) in [6, 6.07) is 20.1. The van der Waals surface area contributed by atoms with Crippen LogP contribution >= 0.6 is 0 Å². The van der Waals surface area contributed by atoms with Crippen LogP contribution in [0.3, 0.4) is 0 Å². The summed E-state index contributed by atoms with van der Waals surface area (Å²) < 4.78 is 1.98. The second-order valence-electron chi connectivity index (χ2n) is 8.64. The van der Waals surface area contributed by atoms with Gasteiger partial charge in [0.1, 0.15) is 0 Å². The Balaban J connectivity index is 0.00000150. The zero-order chi connectivity index (χ0) is 19.4. The van der Waals surface area contributed by atoms with Crippen LogP contribution in [-0.4, -0.2) is 0 Å². The summed E-state index contributed by atoms with van der Waals surface area (Å²) in [6.45, 7) is 14.4. The summed E-state index contributed by atoms with van der Waals surface area (Å²) in [5.41, 5.74) is 10.8. The Morgan fingerprint density at radius 3 is 1.90 bits per heavy atom. The molecule has 3 heteroatoms. The van der Waals surface area contributed by atoms with Crippen molar-refractivity contribution in [3.63, 3.8) is 0 Å². The Hall–Kier alpha value is -0.890. The van der Waals surface area contributed by atoms with Crippen LogP contribution in [0.25, 0.3) is 11.6 Å². The Morgan fingerprint density at radius 2 is 1.31 bits per heavy atom. The molecular formula is C26H28Cl2Hf. The third kappa shape index (κ3) is 3.80. The first-order valence-electron chi connectivity index (χ1n) is 9.82. The first-order chi connectivity index (χ1) is 12.8. The Bertz CT molecular complexity index is 1010. The molecular weight excluding hydrogens is 562 g/mol. The first-order valence-corrected chi connectivity index (χ1v) is 13.4. The summed E-state index contributed by atoms with van der Waals surface area (Å²) >= 11 is -1.24. The molecule has 2 aromatic rings. The molecule has 0 saturated carbocycles. The van der Waals surface area contributed by atoms with Crippen LogP contribution < -0.4 is 24.8 Å². The number of halogens is 2. The molecule has 0 nitrogen and oxygen atoms in total. The average Bonchev–Trinajstić information content (AvgIpc) is 3.04. The molecule has 0 heterocycles. The Kier molecular flexibility index (Phi) is 7.31. The van der Waals surface area contributed by atoms with Crippen molar-refractivity contribution in [1.82, 2.24) is 0 Å². The average molecular weight is 590 g/mol. The van der Waals surface area contributed by atoms with Gasteiger partial charge in [-0.25, -0.2) is 0 Å². The van der Waals surface area contributed by atoms with Crippen LogP contribution in [-0.2, 0) is 26.1 Å². The standard InChI is InChI=1S/C16H13.C10H15.2ClH.Hf/c1-12-15-10-6-5-9-14(15)11-16(12)13-7-3-2-4-8-13;1-7-6-10(4,5)9(3)8(7)2;;;/h2-11H,1H3;1-5H3;2*1H;/q;;;;+2/p-2. The van der Waals surface area contributed by atoms with E-state index in [-0.39, 0.29) is 33.4 Å². The zero-order valence-corrected chi connectivity index (χ0v) is 23.1. The van der Waals surface area contributed by atoms with Crippen molar-refractivity contribution in [3.8, 4) is 0 Å². The van der Waals surface area contributed by atoms with Crippen LogP contribution in [0.1, 0.15) is 58.2 Å². The first kappa shape index (κ1) is 24.4. The normalized spacial score (nSPS) is 21.8. The van der Waals surface area contributed by atoms with Gasteiger partial charge >= 0.3 is 176 Å². The van der Waals surface area contributed by atoms with Crippen LogP contribution in [0, 0.1) is 5.41 Å². The quantitative estimate of drug-likeness (QED) is 0.473. The van der Waals surface area contributed by atoms with Crippen molar-refractivity contribution >= 4 is 11.6 Å². The topological polar surface area (TPSA) is 0 Å². The minimum atomic E-state index is -1.24. The van der Waals surface area contributed by atoms with Crippen molar-refractivity contribution in [2.75, 3.05) is 0 Å². The van der Waals surface area contributed by atoms with Crippen LogP contribution in [0.5, 0.6) is 0 Å². The van der Waals surface area contributed by atoms with Crippen molar-refractivity contribution in [1.29, 1.82) is 0 Å². The molecule has 2 aliphatic rings. The second-order valence-corrected chi connectivity index (χ2v) is 14.9. The van der Waals surface area contributed by atoms with E-state index in [2.05, 4.69) is 102 Å². The SMILES string of the molecule is CC1=C(C)C(C)(C)[C]([Hf+2][C]2(C)C(c3ccccc3)=Cc3ccccc32)=C1C.[Cl-].[Cl-]. The number of hydrogen-bond donors (Lipinski definition) is 0. The largest absolute Gasteiger partial charge is 1.00 e. The number of rotatable bonds is 3. The number of benzene rings is 2. The summed E-state index contributed by atoms with van der Waals surface area (Å²) in [4.78, 5) is 0. The molecule has 29 heavy (non-hydrogen) atoms. The van der Waals surface area contributed by atoms with E-state index in [1.807, 2.05) is 0 Å². The van der Waals surface area contributed by atoms with Gasteiger partial charge in [-0.15, -0.1) is 0 Å². The van der Waals surface area contributed by atoms with Gasteiger partial charge in [-0.3, -0.25) is 0 Å². The van der Waals surface area contributed by atoms with Crippen molar-refractivity contribution < 1.29 is 47.7 Å². The molecule has 0 amide bonds. The molecule has 1 unspecified atom stereocenters. The fourth-order valence-electron chi connectivity index (χ4n) is 4.74. The summed E-state index contributed by atoms with van der Waals surface area (Å²) in [5, 5.41) is 0. The van der Waals surface area contributed by atoms with Gasteiger partial charge in [0.05, 0.1) is 0 Å². The van der Waals surface area contributed by atoms with E-state index in [0.29, 0.717) is 0 Å². The molecule has 4 rings (SSSR count). The van der Waals surface area contributed by atoms with Gasteiger partial charge in [0.2, 0.25) is 0 Å². The van der Waals surface area contributed by atoms with Gasteiger partial charge in [0.15, 0.2) is 0 Å². The minimum Gasteiger partial charge on any atom is -1.00 e. The predicted octanol–water partition coefficient (Wildman–Crippen LogP) is 1.20. The van der Waals surface area contributed by atoms with Gasteiger partial charge in [0.25, 0.3) is 0 Å². The second kappa shape index (κ2) is 8.69. The van der Waals surface area contributed by atoms with E-state index in [1.54, 1.807) is 20.0 Å². The van der Waals surface area contributed by atoms with Crippen molar-refractivity contribution in [2.24, 2.45) is 5.41 Å². The molecule has 0 aromatic heterocycles. The molecule has 150 valence electrons. The van der Waals surface area contributed by atoms with E-state index in [1.165, 1.54) is 22.3 Å². The summed E-state index contributed by atoms with van der Waals surface area (Å²) in [6.07, 6.45) is 2.46. The van der Waals surface area contributed by atoms with Gasteiger partial charge in [-0.2, -0.15) is 0 Å². The third-order valence-corrected chi connectivity index (χ3v) is 15.1. The molecule has 0 fully saturated rings. The minimum absolute atomic E-state index is 0. The van der Waals surface area contributed by atoms with Crippen molar-refractivity contribution in [3.05, 3.63) is 91.3 Å². The molecule has 1 atom stereocenters. The van der Waals surface area contributed by atoms with Gasteiger partial charge < -0.3 is 24.8 Å². The van der Waals surface area contributed by atoms with Gasteiger partial charge in [-0.05, 0) is 0 Å². The Morgan fingerprint density at radius 1 is 0.724 bits per heavy atom. The van der Waals surface area contributed by atoms with E-state index in [9.17, 15) is 0 Å².